The van der Waals surface area contributed by atoms with Crippen molar-refractivity contribution in [2.24, 2.45) is 0 Å². The highest BCUT2D eigenvalue weighted by Crippen LogP contribution is 2.32. The van der Waals surface area contributed by atoms with Gasteiger partial charge in [-0.25, -0.2) is 9.37 Å². The van der Waals surface area contributed by atoms with Gasteiger partial charge in [0.15, 0.2) is 4.34 Å². The van der Waals surface area contributed by atoms with Crippen molar-refractivity contribution in [2.45, 2.75) is 42.5 Å². The third kappa shape index (κ3) is 3.77. The van der Waals surface area contributed by atoms with Crippen LogP contribution in [0.15, 0.2) is 27.4 Å². The average Bonchev–Trinajstić information content (AvgIpc) is 2.89. The third-order valence-corrected chi connectivity index (χ3v) is 4.77. The SMILES string of the molecule is CCNC(C)c1ccc(Sc2nc(CC)ns2)c(F)c1. The fourth-order valence-corrected chi connectivity index (χ4v) is 3.47. The molecule has 0 aliphatic carbocycles. The van der Waals surface area contributed by atoms with Crippen LogP contribution in [0.3, 0.4) is 0 Å². The molecule has 20 heavy (non-hydrogen) atoms. The second kappa shape index (κ2) is 7.15. The number of halogens is 1. The highest BCUT2D eigenvalue weighted by Gasteiger charge is 2.11. The Hall–Kier alpha value is -0.980. The third-order valence-electron chi connectivity index (χ3n) is 2.93. The number of nitrogens with one attached hydrogen (secondary N) is 1. The first-order valence-electron chi connectivity index (χ1n) is 6.67. The van der Waals surface area contributed by atoms with Crippen molar-refractivity contribution in [3.63, 3.8) is 0 Å². The van der Waals surface area contributed by atoms with Crippen LogP contribution in [0, 0.1) is 5.82 Å². The normalized spacial score (nSPS) is 12.6. The van der Waals surface area contributed by atoms with Gasteiger partial charge in [-0.1, -0.05) is 31.7 Å². The standard InChI is InChI=1S/C14H18FN3S2/c1-4-13-17-14(20-18-13)19-12-7-6-10(8-11(12)15)9(3)16-5-2/h6-9,16H,4-5H2,1-3H3. The molecule has 0 aliphatic heterocycles. The summed E-state index contributed by atoms with van der Waals surface area (Å²) in [6.07, 6.45) is 0.804. The van der Waals surface area contributed by atoms with Crippen LogP contribution in [-0.2, 0) is 6.42 Å². The minimum atomic E-state index is -0.203. The molecule has 1 heterocycles. The highest BCUT2D eigenvalue weighted by molar-refractivity contribution is 8.01. The Kier molecular flexibility index (Phi) is 5.51. The zero-order valence-electron chi connectivity index (χ0n) is 11.8. The lowest BCUT2D eigenvalue weighted by Crippen LogP contribution is -2.17. The number of aromatic nitrogens is 2. The van der Waals surface area contributed by atoms with Gasteiger partial charge in [-0.3, -0.25) is 0 Å². The van der Waals surface area contributed by atoms with Crippen LogP contribution in [-0.4, -0.2) is 15.9 Å². The summed E-state index contributed by atoms with van der Waals surface area (Å²) in [5.74, 6) is 0.612. The first kappa shape index (κ1) is 15.4. The molecule has 0 aliphatic rings. The van der Waals surface area contributed by atoms with E-state index < -0.39 is 0 Å². The van der Waals surface area contributed by atoms with Crippen molar-refractivity contribution < 1.29 is 4.39 Å². The second-order valence-corrected chi connectivity index (χ2v) is 6.44. The summed E-state index contributed by atoms with van der Waals surface area (Å²) in [6.45, 7) is 6.94. The largest absolute Gasteiger partial charge is 0.310 e. The fraction of sp³-hybridized carbons (Fsp3) is 0.429. The smallest absolute Gasteiger partial charge is 0.174 e. The minimum absolute atomic E-state index is 0.154. The maximum absolute atomic E-state index is 14.1. The predicted molar refractivity (Wildman–Crippen MR) is 81.9 cm³/mol. The highest BCUT2D eigenvalue weighted by atomic mass is 32.2. The molecule has 0 fully saturated rings. The molecule has 1 aromatic heterocycles. The van der Waals surface area contributed by atoms with E-state index in [1.54, 1.807) is 6.07 Å². The summed E-state index contributed by atoms with van der Waals surface area (Å²) in [5.41, 5.74) is 0.959. The van der Waals surface area contributed by atoms with E-state index in [0.29, 0.717) is 4.90 Å². The van der Waals surface area contributed by atoms with Crippen LogP contribution in [0.25, 0.3) is 0 Å². The molecule has 108 valence electrons. The van der Waals surface area contributed by atoms with E-state index >= 15 is 0 Å². The van der Waals surface area contributed by atoms with Gasteiger partial charge in [-0.2, -0.15) is 4.37 Å². The van der Waals surface area contributed by atoms with Gasteiger partial charge < -0.3 is 5.32 Å². The predicted octanol–water partition coefficient (Wildman–Crippen LogP) is 4.06. The van der Waals surface area contributed by atoms with Crippen molar-refractivity contribution >= 4 is 23.3 Å². The molecule has 0 saturated heterocycles. The maximum Gasteiger partial charge on any atom is 0.174 e. The quantitative estimate of drug-likeness (QED) is 0.873. The van der Waals surface area contributed by atoms with Gasteiger partial charge in [-0.15, -0.1) is 0 Å². The van der Waals surface area contributed by atoms with Gasteiger partial charge in [-0.05, 0) is 42.7 Å². The summed E-state index contributed by atoms with van der Waals surface area (Å²) in [5, 5.41) is 3.28. The Morgan fingerprint density at radius 1 is 1.40 bits per heavy atom. The average molecular weight is 311 g/mol. The van der Waals surface area contributed by atoms with E-state index in [2.05, 4.69) is 14.7 Å². The van der Waals surface area contributed by atoms with Crippen molar-refractivity contribution in [2.75, 3.05) is 6.54 Å². The van der Waals surface area contributed by atoms with Crippen molar-refractivity contribution in [1.82, 2.24) is 14.7 Å². The monoisotopic (exact) mass is 311 g/mol. The van der Waals surface area contributed by atoms with Gasteiger partial charge in [0.2, 0.25) is 0 Å². The number of hydrogen-bond donors (Lipinski definition) is 1. The van der Waals surface area contributed by atoms with E-state index in [9.17, 15) is 4.39 Å². The Labute approximate surface area is 127 Å². The Morgan fingerprint density at radius 2 is 2.20 bits per heavy atom. The lowest BCUT2D eigenvalue weighted by molar-refractivity contribution is 0.572. The molecule has 6 heteroatoms. The number of benzene rings is 1. The molecule has 1 aromatic carbocycles. The summed E-state index contributed by atoms with van der Waals surface area (Å²) in [6, 6.07) is 5.52. The summed E-state index contributed by atoms with van der Waals surface area (Å²) in [7, 11) is 0. The number of nitrogens with zero attached hydrogens (tertiary/aromatic N) is 2. The molecule has 1 N–H and O–H groups in total. The molecule has 2 rings (SSSR count). The van der Waals surface area contributed by atoms with Crippen LogP contribution in [0.5, 0.6) is 0 Å². The molecule has 0 bridgehead atoms. The molecule has 0 spiro atoms. The Bertz CT molecular complexity index is 571. The first-order chi connectivity index (χ1) is 9.63. The van der Waals surface area contributed by atoms with E-state index in [1.165, 1.54) is 23.3 Å². The molecule has 3 nitrogen and oxygen atoms in total. The number of rotatable bonds is 6. The summed E-state index contributed by atoms with van der Waals surface area (Å²) in [4.78, 5) is 4.94. The zero-order chi connectivity index (χ0) is 14.5. The second-order valence-electron chi connectivity index (χ2n) is 4.40. The van der Waals surface area contributed by atoms with E-state index in [1.807, 2.05) is 32.9 Å². The molecule has 2 aromatic rings. The van der Waals surface area contributed by atoms with Gasteiger partial charge in [0.05, 0.1) is 4.90 Å². The van der Waals surface area contributed by atoms with E-state index in [0.717, 1.165) is 28.7 Å². The number of hydrogen-bond acceptors (Lipinski definition) is 5. The van der Waals surface area contributed by atoms with Crippen LogP contribution < -0.4 is 5.32 Å². The van der Waals surface area contributed by atoms with Crippen LogP contribution in [0.1, 0.15) is 38.2 Å². The van der Waals surface area contributed by atoms with Crippen molar-refractivity contribution in [3.05, 3.63) is 35.4 Å². The van der Waals surface area contributed by atoms with Gasteiger partial charge in [0, 0.05) is 12.5 Å². The first-order valence-corrected chi connectivity index (χ1v) is 8.26. The van der Waals surface area contributed by atoms with E-state index in [-0.39, 0.29) is 11.9 Å². The lowest BCUT2D eigenvalue weighted by atomic mass is 10.1. The molecular weight excluding hydrogens is 293 g/mol. The van der Waals surface area contributed by atoms with Gasteiger partial charge >= 0.3 is 0 Å². The van der Waals surface area contributed by atoms with E-state index in [4.69, 9.17) is 0 Å². The molecule has 0 radical (unpaired) electrons. The van der Waals surface area contributed by atoms with Gasteiger partial charge in [0.25, 0.3) is 0 Å². The molecule has 1 atom stereocenters. The van der Waals surface area contributed by atoms with Crippen molar-refractivity contribution in [1.29, 1.82) is 0 Å². The summed E-state index contributed by atoms with van der Waals surface area (Å²) < 4.78 is 19.1. The number of aryl methyl sites for hydroxylation is 1. The minimum Gasteiger partial charge on any atom is -0.310 e. The van der Waals surface area contributed by atoms with Crippen LogP contribution in [0.4, 0.5) is 4.39 Å². The topological polar surface area (TPSA) is 37.8 Å². The molecule has 1 unspecified atom stereocenters. The van der Waals surface area contributed by atoms with Crippen molar-refractivity contribution in [3.8, 4) is 0 Å². The maximum atomic E-state index is 14.1. The summed E-state index contributed by atoms with van der Waals surface area (Å²) >= 11 is 2.65. The molecule has 0 amide bonds. The van der Waals surface area contributed by atoms with Crippen LogP contribution >= 0.6 is 23.3 Å². The molecule has 0 saturated carbocycles. The fourth-order valence-electron chi connectivity index (χ4n) is 1.81. The Morgan fingerprint density at radius 3 is 2.80 bits per heavy atom. The Balaban J connectivity index is 2.13. The van der Waals surface area contributed by atoms with Gasteiger partial charge in [0.1, 0.15) is 11.6 Å². The lowest BCUT2D eigenvalue weighted by Gasteiger charge is -2.13. The molecular formula is C14H18FN3S2. The zero-order valence-corrected chi connectivity index (χ0v) is 13.4. The van der Waals surface area contributed by atoms with Crippen LogP contribution in [0.2, 0.25) is 0 Å².